The van der Waals surface area contributed by atoms with E-state index >= 15 is 0 Å². The van der Waals surface area contributed by atoms with E-state index in [4.69, 9.17) is 0 Å². The zero-order valence-corrected chi connectivity index (χ0v) is 17.4. The fraction of sp³-hybridized carbons (Fsp3) is 0.375. The van der Waals surface area contributed by atoms with Gasteiger partial charge in [-0.3, -0.25) is 0 Å². The summed E-state index contributed by atoms with van der Waals surface area (Å²) in [5.41, 5.74) is 4.12. The Morgan fingerprint density at radius 2 is 1.75 bits per heavy atom. The van der Waals surface area contributed by atoms with Crippen molar-refractivity contribution in [3.05, 3.63) is 78.4 Å². The van der Waals surface area contributed by atoms with Crippen LogP contribution in [0.4, 0.5) is 5.69 Å². The molecule has 2 aromatic carbocycles. The van der Waals surface area contributed by atoms with Crippen LogP contribution in [0.15, 0.2) is 72.1 Å². The molecule has 4 rings (SSSR count). The van der Waals surface area contributed by atoms with Gasteiger partial charge in [0.2, 0.25) is 0 Å². The molecule has 0 aliphatic carbocycles. The molecule has 1 aliphatic heterocycles. The van der Waals surface area contributed by atoms with Crippen molar-refractivity contribution in [1.29, 1.82) is 0 Å². The highest BCUT2D eigenvalue weighted by Gasteiger charge is 2.14. The number of benzene rings is 2. The van der Waals surface area contributed by atoms with Crippen LogP contribution in [0.1, 0.15) is 30.4 Å². The average Bonchev–Trinajstić information content (AvgIpc) is 3.42. The molecule has 1 aromatic heterocycles. The third kappa shape index (κ3) is 5.20. The van der Waals surface area contributed by atoms with E-state index in [1.165, 1.54) is 47.6 Å². The maximum atomic E-state index is 4.21. The van der Waals surface area contributed by atoms with Gasteiger partial charge in [-0.25, -0.2) is 4.98 Å². The molecule has 1 saturated heterocycles. The Bertz CT molecular complexity index is 835. The van der Waals surface area contributed by atoms with Gasteiger partial charge in [0.1, 0.15) is 0 Å². The Hall–Kier alpha value is -2.20. The van der Waals surface area contributed by atoms with Crippen molar-refractivity contribution < 1.29 is 0 Å². The third-order valence-corrected chi connectivity index (χ3v) is 6.72. The Morgan fingerprint density at radius 1 is 1.00 bits per heavy atom. The Morgan fingerprint density at radius 3 is 2.43 bits per heavy atom. The van der Waals surface area contributed by atoms with Crippen molar-refractivity contribution in [2.45, 2.75) is 49.3 Å². The van der Waals surface area contributed by atoms with Crippen LogP contribution < -0.4 is 4.90 Å². The molecule has 0 saturated carbocycles. The number of aryl methyl sites for hydroxylation is 2. The Kier molecular flexibility index (Phi) is 6.38. The van der Waals surface area contributed by atoms with Crippen LogP contribution in [0, 0.1) is 6.92 Å². The molecule has 1 unspecified atom stereocenters. The molecule has 3 aromatic rings. The van der Waals surface area contributed by atoms with Crippen molar-refractivity contribution in [3.8, 4) is 0 Å². The number of hydrogen-bond acceptors (Lipinski definition) is 3. The summed E-state index contributed by atoms with van der Waals surface area (Å²) in [6, 6.07) is 18.1. The highest BCUT2D eigenvalue weighted by Crippen LogP contribution is 2.30. The van der Waals surface area contributed by atoms with Gasteiger partial charge in [-0.15, -0.1) is 11.8 Å². The molecule has 4 heteroatoms. The molecule has 2 heterocycles. The van der Waals surface area contributed by atoms with Gasteiger partial charge in [0.05, 0.1) is 6.33 Å². The van der Waals surface area contributed by atoms with Gasteiger partial charge in [0, 0.05) is 47.9 Å². The lowest BCUT2D eigenvalue weighted by molar-refractivity contribution is 0.624. The summed E-state index contributed by atoms with van der Waals surface area (Å²) in [6.07, 6.45) is 10.8. The second kappa shape index (κ2) is 9.33. The van der Waals surface area contributed by atoms with Crippen molar-refractivity contribution in [2.24, 2.45) is 0 Å². The fourth-order valence-corrected chi connectivity index (χ4v) is 4.96. The first-order chi connectivity index (χ1) is 13.8. The molecule has 1 fully saturated rings. The van der Waals surface area contributed by atoms with Gasteiger partial charge in [-0.1, -0.05) is 29.8 Å². The van der Waals surface area contributed by atoms with E-state index in [-0.39, 0.29) is 0 Å². The number of rotatable bonds is 8. The number of thioether (sulfide) groups is 1. The molecule has 0 spiro atoms. The number of anilines is 1. The summed E-state index contributed by atoms with van der Waals surface area (Å²) in [5.74, 6) is 0. The summed E-state index contributed by atoms with van der Waals surface area (Å²) in [4.78, 5) is 8.07. The third-order valence-electron chi connectivity index (χ3n) is 5.46. The monoisotopic (exact) mass is 391 g/mol. The normalized spacial score (nSPS) is 15.1. The van der Waals surface area contributed by atoms with E-state index < -0.39 is 0 Å². The number of imidazole rings is 1. The Labute approximate surface area is 172 Å². The van der Waals surface area contributed by atoms with Gasteiger partial charge >= 0.3 is 0 Å². The maximum absolute atomic E-state index is 4.21. The zero-order chi connectivity index (χ0) is 19.2. The summed E-state index contributed by atoms with van der Waals surface area (Å²) in [7, 11) is 0. The molecule has 1 aliphatic rings. The maximum Gasteiger partial charge on any atom is 0.0946 e. The van der Waals surface area contributed by atoms with E-state index in [2.05, 4.69) is 76.1 Å². The molecule has 0 N–H and O–H groups in total. The predicted octanol–water partition coefficient (Wildman–Crippen LogP) is 5.59. The van der Waals surface area contributed by atoms with Crippen molar-refractivity contribution >= 4 is 17.4 Å². The van der Waals surface area contributed by atoms with Gasteiger partial charge in [-0.05, 0) is 62.4 Å². The van der Waals surface area contributed by atoms with Crippen molar-refractivity contribution in [1.82, 2.24) is 9.55 Å². The highest BCUT2D eigenvalue weighted by molar-refractivity contribution is 8.00. The topological polar surface area (TPSA) is 21.1 Å². The van der Waals surface area contributed by atoms with Gasteiger partial charge < -0.3 is 9.47 Å². The van der Waals surface area contributed by atoms with Crippen LogP contribution in [0.5, 0.6) is 0 Å². The van der Waals surface area contributed by atoms with Crippen LogP contribution in [0.2, 0.25) is 0 Å². The molecule has 3 nitrogen and oxygen atoms in total. The van der Waals surface area contributed by atoms with Gasteiger partial charge in [0.15, 0.2) is 0 Å². The van der Waals surface area contributed by atoms with Crippen LogP contribution in [-0.2, 0) is 13.0 Å². The molecule has 0 bridgehead atoms. The molecule has 146 valence electrons. The van der Waals surface area contributed by atoms with Crippen LogP contribution in [-0.4, -0.2) is 27.9 Å². The lowest BCUT2D eigenvalue weighted by Gasteiger charge is -2.20. The second-order valence-corrected chi connectivity index (χ2v) is 9.09. The van der Waals surface area contributed by atoms with Crippen LogP contribution in [0.25, 0.3) is 0 Å². The Balaban J connectivity index is 1.41. The minimum absolute atomic E-state index is 0.521. The van der Waals surface area contributed by atoms with E-state index in [1.807, 2.05) is 24.3 Å². The summed E-state index contributed by atoms with van der Waals surface area (Å²) < 4.78 is 2.20. The predicted molar refractivity (Wildman–Crippen MR) is 119 cm³/mol. The number of hydrogen-bond donors (Lipinski definition) is 0. The SMILES string of the molecule is Cc1ccc(CCC(Cn2ccnc2)Sc2ccc(N3CCCC3)cc2)cc1. The average molecular weight is 392 g/mol. The first-order valence-electron chi connectivity index (χ1n) is 10.3. The number of nitrogens with zero attached hydrogens (tertiary/aromatic N) is 3. The van der Waals surface area contributed by atoms with E-state index in [0.717, 1.165) is 19.4 Å². The first kappa shape index (κ1) is 19.1. The second-order valence-electron chi connectivity index (χ2n) is 7.71. The van der Waals surface area contributed by atoms with E-state index in [1.54, 1.807) is 0 Å². The molecule has 28 heavy (non-hydrogen) atoms. The van der Waals surface area contributed by atoms with Crippen LogP contribution >= 0.6 is 11.8 Å². The smallest absolute Gasteiger partial charge is 0.0946 e. The minimum Gasteiger partial charge on any atom is -0.372 e. The van der Waals surface area contributed by atoms with Gasteiger partial charge in [0.25, 0.3) is 0 Å². The zero-order valence-electron chi connectivity index (χ0n) is 16.6. The summed E-state index contributed by atoms with van der Waals surface area (Å²) >= 11 is 1.99. The molecule has 0 radical (unpaired) electrons. The molecular weight excluding hydrogens is 362 g/mol. The summed E-state index contributed by atoms with van der Waals surface area (Å²) in [5, 5.41) is 0.521. The number of aromatic nitrogens is 2. The van der Waals surface area contributed by atoms with E-state index in [0.29, 0.717) is 5.25 Å². The molecule has 0 amide bonds. The molecule has 1 atom stereocenters. The minimum atomic E-state index is 0.521. The van der Waals surface area contributed by atoms with Crippen molar-refractivity contribution in [3.63, 3.8) is 0 Å². The standard InChI is InChI=1S/C24H29N3S/c1-20-4-6-21(7-5-20)8-11-24(18-26-17-14-25-19-26)28-23-12-9-22(10-13-23)27-15-2-3-16-27/h4-7,9-10,12-14,17,19,24H,2-3,8,11,15-16,18H2,1H3. The molecular formula is C24H29N3S. The largest absolute Gasteiger partial charge is 0.372 e. The fourth-order valence-electron chi connectivity index (χ4n) is 3.80. The quantitative estimate of drug-likeness (QED) is 0.467. The van der Waals surface area contributed by atoms with Crippen molar-refractivity contribution in [2.75, 3.05) is 18.0 Å². The van der Waals surface area contributed by atoms with Crippen LogP contribution in [0.3, 0.4) is 0 Å². The highest BCUT2D eigenvalue weighted by atomic mass is 32.2. The van der Waals surface area contributed by atoms with E-state index in [9.17, 15) is 0 Å². The first-order valence-corrected chi connectivity index (χ1v) is 11.2. The lowest BCUT2D eigenvalue weighted by atomic mass is 10.1. The van der Waals surface area contributed by atoms with Gasteiger partial charge in [-0.2, -0.15) is 0 Å². The lowest BCUT2D eigenvalue weighted by Crippen LogP contribution is -2.17. The summed E-state index contributed by atoms with van der Waals surface area (Å²) in [6.45, 7) is 5.54.